The molecule has 0 saturated carbocycles. The monoisotopic (exact) mass is 361 g/mol. The van der Waals surface area contributed by atoms with Crippen LogP contribution in [0.5, 0.6) is 0 Å². The Hall–Kier alpha value is -3.18. The Balaban J connectivity index is 1.48. The predicted octanol–water partition coefficient (Wildman–Crippen LogP) is 4.80. The zero-order chi connectivity index (χ0) is 17.8. The summed E-state index contributed by atoms with van der Waals surface area (Å²) in [6.45, 7) is 0.590. The van der Waals surface area contributed by atoms with Crippen LogP contribution in [0.1, 0.15) is 5.69 Å². The number of benzene rings is 1. The number of H-pyrrole nitrogens is 1. The third kappa shape index (κ3) is 3.58. The molecule has 128 valence electrons. The molecular formula is C20H16ClN5. The number of aromatic nitrogens is 4. The number of nitrogens with one attached hydrogen (secondary N) is 2. The van der Waals surface area contributed by atoms with Crippen LogP contribution in [0, 0.1) is 0 Å². The lowest BCUT2D eigenvalue weighted by molar-refractivity contribution is 0.976. The summed E-state index contributed by atoms with van der Waals surface area (Å²) in [5, 5.41) is 11.4. The third-order valence-electron chi connectivity index (χ3n) is 3.99. The number of nitrogens with zero attached hydrogens (tertiary/aromatic N) is 3. The van der Waals surface area contributed by atoms with Crippen molar-refractivity contribution in [2.75, 3.05) is 5.32 Å². The topological polar surface area (TPSA) is 66.5 Å². The smallest absolute Gasteiger partial charge is 0.126 e. The highest BCUT2D eigenvalue weighted by atomic mass is 35.5. The zero-order valence-electron chi connectivity index (χ0n) is 13.9. The van der Waals surface area contributed by atoms with Gasteiger partial charge >= 0.3 is 0 Å². The second kappa shape index (κ2) is 7.37. The van der Waals surface area contributed by atoms with E-state index in [-0.39, 0.29) is 0 Å². The zero-order valence-corrected chi connectivity index (χ0v) is 14.6. The van der Waals surface area contributed by atoms with Crippen LogP contribution in [0.15, 0.2) is 73.2 Å². The van der Waals surface area contributed by atoms with E-state index in [0.29, 0.717) is 6.54 Å². The van der Waals surface area contributed by atoms with Crippen LogP contribution < -0.4 is 5.32 Å². The Labute approximate surface area is 156 Å². The molecule has 0 bridgehead atoms. The van der Waals surface area contributed by atoms with E-state index in [1.807, 2.05) is 54.6 Å². The maximum absolute atomic E-state index is 6.29. The van der Waals surface area contributed by atoms with E-state index in [9.17, 15) is 0 Å². The molecule has 0 atom stereocenters. The second-order valence-electron chi connectivity index (χ2n) is 5.78. The molecule has 1 aromatic carbocycles. The normalized spacial score (nSPS) is 10.7. The molecule has 0 radical (unpaired) electrons. The molecule has 0 spiro atoms. The van der Waals surface area contributed by atoms with Gasteiger partial charge in [0.05, 0.1) is 17.9 Å². The number of anilines is 1. The molecule has 0 amide bonds. The first-order chi connectivity index (χ1) is 12.8. The number of rotatable bonds is 5. The molecule has 0 aliphatic heterocycles. The highest BCUT2D eigenvalue weighted by Crippen LogP contribution is 2.28. The maximum Gasteiger partial charge on any atom is 0.126 e. The average molecular weight is 362 g/mol. The summed E-state index contributed by atoms with van der Waals surface area (Å²) in [5.41, 5.74) is 4.82. The van der Waals surface area contributed by atoms with E-state index in [4.69, 9.17) is 11.6 Å². The molecular weight excluding hydrogens is 346 g/mol. The van der Waals surface area contributed by atoms with Crippen LogP contribution in [0.4, 0.5) is 5.82 Å². The standard InChI is InChI=1S/C20H16ClN5/c21-18-6-2-1-5-17(18)14-7-9-23-20(10-14)24-13-16-11-19(26-25-16)15-4-3-8-22-12-15/h1-12H,13H2,(H,23,24)(H,25,26). The first-order valence-electron chi connectivity index (χ1n) is 8.19. The summed E-state index contributed by atoms with van der Waals surface area (Å²) in [7, 11) is 0. The number of hydrogen-bond acceptors (Lipinski definition) is 4. The van der Waals surface area contributed by atoms with Gasteiger partial charge in [-0.15, -0.1) is 0 Å². The van der Waals surface area contributed by atoms with Crippen LogP contribution in [0.2, 0.25) is 5.02 Å². The van der Waals surface area contributed by atoms with E-state index in [1.165, 1.54) is 0 Å². The SMILES string of the molecule is Clc1ccccc1-c1ccnc(NCc2cc(-c3cccnc3)n[nH]2)c1. The van der Waals surface area contributed by atoms with Crippen molar-refractivity contribution in [1.29, 1.82) is 0 Å². The highest BCUT2D eigenvalue weighted by molar-refractivity contribution is 6.33. The fourth-order valence-electron chi connectivity index (χ4n) is 2.69. The molecule has 0 fully saturated rings. The van der Waals surface area contributed by atoms with Crippen LogP contribution in [0.3, 0.4) is 0 Å². The van der Waals surface area contributed by atoms with E-state index < -0.39 is 0 Å². The molecule has 0 unspecified atom stereocenters. The number of aromatic amines is 1. The van der Waals surface area contributed by atoms with E-state index in [2.05, 4.69) is 25.5 Å². The van der Waals surface area contributed by atoms with Crippen LogP contribution in [0.25, 0.3) is 22.4 Å². The molecule has 0 saturated heterocycles. The van der Waals surface area contributed by atoms with E-state index in [0.717, 1.165) is 38.9 Å². The first kappa shape index (κ1) is 16.3. The Morgan fingerprint density at radius 3 is 2.73 bits per heavy atom. The van der Waals surface area contributed by atoms with Gasteiger partial charge < -0.3 is 5.32 Å². The summed E-state index contributed by atoms with van der Waals surface area (Å²) in [4.78, 5) is 8.50. The van der Waals surface area contributed by atoms with Gasteiger partial charge in [-0.25, -0.2) is 4.98 Å². The van der Waals surface area contributed by atoms with Crippen molar-refractivity contribution < 1.29 is 0 Å². The van der Waals surface area contributed by atoms with Crippen molar-refractivity contribution in [3.8, 4) is 22.4 Å². The van der Waals surface area contributed by atoms with Gasteiger partial charge in [-0.2, -0.15) is 5.10 Å². The van der Waals surface area contributed by atoms with Crippen molar-refractivity contribution in [2.24, 2.45) is 0 Å². The van der Waals surface area contributed by atoms with Gasteiger partial charge in [0.2, 0.25) is 0 Å². The largest absolute Gasteiger partial charge is 0.364 e. The predicted molar refractivity (Wildman–Crippen MR) is 104 cm³/mol. The first-order valence-corrected chi connectivity index (χ1v) is 8.57. The maximum atomic E-state index is 6.29. The molecule has 3 heterocycles. The van der Waals surface area contributed by atoms with Crippen molar-refractivity contribution in [1.82, 2.24) is 20.2 Å². The summed E-state index contributed by atoms with van der Waals surface area (Å²) >= 11 is 6.29. The summed E-state index contributed by atoms with van der Waals surface area (Å²) in [6, 6.07) is 17.6. The van der Waals surface area contributed by atoms with Gasteiger partial charge in [0.25, 0.3) is 0 Å². The Morgan fingerprint density at radius 2 is 1.88 bits per heavy atom. The average Bonchev–Trinajstić information content (AvgIpc) is 3.17. The lowest BCUT2D eigenvalue weighted by Crippen LogP contribution is -2.01. The molecule has 6 heteroatoms. The minimum absolute atomic E-state index is 0.590. The van der Waals surface area contributed by atoms with Crippen LogP contribution in [-0.2, 0) is 6.54 Å². The van der Waals surface area contributed by atoms with Crippen LogP contribution in [-0.4, -0.2) is 20.2 Å². The van der Waals surface area contributed by atoms with Gasteiger partial charge in [0, 0.05) is 34.7 Å². The van der Waals surface area contributed by atoms with Crippen molar-refractivity contribution in [3.63, 3.8) is 0 Å². The van der Waals surface area contributed by atoms with Crippen molar-refractivity contribution in [2.45, 2.75) is 6.54 Å². The molecule has 4 aromatic rings. The number of halogens is 1. The fraction of sp³-hybridized carbons (Fsp3) is 0.0500. The van der Waals surface area contributed by atoms with Gasteiger partial charge in [0.15, 0.2) is 0 Å². The molecule has 0 aliphatic carbocycles. The molecule has 3 aromatic heterocycles. The fourth-order valence-corrected chi connectivity index (χ4v) is 2.94. The van der Waals surface area contributed by atoms with E-state index >= 15 is 0 Å². The van der Waals surface area contributed by atoms with Gasteiger partial charge in [-0.05, 0) is 42.0 Å². The van der Waals surface area contributed by atoms with Gasteiger partial charge in [0.1, 0.15) is 5.82 Å². The Kier molecular flexibility index (Phi) is 4.62. The minimum Gasteiger partial charge on any atom is -0.364 e. The highest BCUT2D eigenvalue weighted by Gasteiger charge is 2.06. The Bertz CT molecular complexity index is 1010. The third-order valence-corrected chi connectivity index (χ3v) is 4.32. The molecule has 2 N–H and O–H groups in total. The molecule has 5 nitrogen and oxygen atoms in total. The second-order valence-corrected chi connectivity index (χ2v) is 6.19. The quantitative estimate of drug-likeness (QED) is 0.536. The lowest BCUT2D eigenvalue weighted by atomic mass is 10.1. The van der Waals surface area contributed by atoms with Gasteiger partial charge in [-0.1, -0.05) is 29.8 Å². The molecule has 26 heavy (non-hydrogen) atoms. The number of hydrogen-bond donors (Lipinski definition) is 2. The van der Waals surface area contributed by atoms with Crippen molar-refractivity contribution in [3.05, 3.63) is 83.9 Å². The summed E-state index contributed by atoms with van der Waals surface area (Å²) in [6.07, 6.45) is 5.31. The van der Waals surface area contributed by atoms with Gasteiger partial charge in [-0.3, -0.25) is 10.1 Å². The Morgan fingerprint density at radius 1 is 0.962 bits per heavy atom. The lowest BCUT2D eigenvalue weighted by Gasteiger charge is -2.08. The number of pyridine rings is 2. The molecule has 4 rings (SSSR count). The van der Waals surface area contributed by atoms with E-state index in [1.54, 1.807) is 18.6 Å². The molecule has 0 aliphatic rings. The summed E-state index contributed by atoms with van der Waals surface area (Å²) in [5.74, 6) is 0.778. The minimum atomic E-state index is 0.590. The van der Waals surface area contributed by atoms with Crippen molar-refractivity contribution >= 4 is 17.4 Å². The van der Waals surface area contributed by atoms with Crippen LogP contribution >= 0.6 is 11.6 Å². The summed E-state index contributed by atoms with van der Waals surface area (Å²) < 4.78 is 0.